The van der Waals surface area contributed by atoms with Crippen molar-refractivity contribution >= 4 is 60.5 Å². The second-order valence-corrected chi connectivity index (χ2v) is 13.6. The fourth-order valence-corrected chi connectivity index (χ4v) is 8.30. The van der Waals surface area contributed by atoms with Crippen LogP contribution in [-0.4, -0.2) is 0 Å². The van der Waals surface area contributed by atoms with E-state index in [1.165, 1.54) is 30.7 Å². The quantitative estimate of drug-likeness (QED) is 0.163. The fraction of sp³-hybridized carbons (Fsp3) is 0. The maximum Gasteiger partial charge on any atom is 0.0262 e. The van der Waals surface area contributed by atoms with Gasteiger partial charge in [0.2, 0.25) is 0 Å². The van der Waals surface area contributed by atoms with Gasteiger partial charge in [-0.3, -0.25) is 0 Å². The van der Waals surface area contributed by atoms with Crippen molar-refractivity contribution in [1.29, 1.82) is 0 Å². The van der Waals surface area contributed by atoms with E-state index in [1.54, 1.807) is 35.3 Å². The molecule has 0 aliphatic carbocycles. The summed E-state index contributed by atoms with van der Waals surface area (Å²) in [5, 5.41) is 0. The molecule has 6 aromatic carbocycles. The van der Waals surface area contributed by atoms with Gasteiger partial charge in [0.15, 0.2) is 0 Å². The first kappa shape index (κ1) is 28.2. The van der Waals surface area contributed by atoms with Crippen LogP contribution in [0.5, 0.6) is 0 Å². The Bertz CT molecular complexity index is 1650. The van der Waals surface area contributed by atoms with Gasteiger partial charge in [-0.25, -0.2) is 0 Å². The first-order valence-electron chi connectivity index (χ1n) is 13.1. The monoisotopic (exact) mass is 618 g/mol. The molecule has 0 aliphatic heterocycles. The minimum atomic E-state index is 1.01. The highest BCUT2D eigenvalue weighted by molar-refractivity contribution is 8.01. The van der Waals surface area contributed by atoms with E-state index >= 15 is 0 Å². The Balaban J connectivity index is 1.19. The summed E-state index contributed by atoms with van der Waals surface area (Å²) < 4.78 is 0. The summed E-state index contributed by atoms with van der Waals surface area (Å²) in [7, 11) is 0. The van der Waals surface area contributed by atoms with E-state index in [2.05, 4.69) is 133 Å². The number of thiol groups is 2. The molecule has 0 atom stereocenters. The van der Waals surface area contributed by atoms with E-state index in [9.17, 15) is 0 Å². The van der Waals surface area contributed by atoms with Crippen molar-refractivity contribution in [2.24, 2.45) is 0 Å². The summed E-state index contributed by atoms with van der Waals surface area (Å²) in [5.74, 6) is 0. The van der Waals surface area contributed by atoms with Crippen molar-refractivity contribution in [1.82, 2.24) is 0 Å². The van der Waals surface area contributed by atoms with Crippen molar-refractivity contribution in [3.63, 3.8) is 0 Å². The van der Waals surface area contributed by atoms with Crippen LogP contribution in [0.15, 0.2) is 185 Å². The van der Waals surface area contributed by atoms with Crippen molar-refractivity contribution < 1.29 is 0 Å². The highest BCUT2D eigenvalue weighted by Crippen LogP contribution is 2.41. The van der Waals surface area contributed by atoms with E-state index in [0.29, 0.717) is 0 Å². The summed E-state index contributed by atoms with van der Waals surface area (Å²) >= 11 is 15.1. The molecule has 5 heteroatoms. The molecule has 0 amide bonds. The Morgan fingerprint density at radius 3 is 1.12 bits per heavy atom. The van der Waals surface area contributed by atoms with Crippen molar-refractivity contribution in [2.45, 2.75) is 39.2 Å². The molecule has 0 saturated heterocycles. The molecule has 41 heavy (non-hydrogen) atoms. The summed E-state index contributed by atoms with van der Waals surface area (Å²) in [6.45, 7) is 0. The lowest BCUT2D eigenvalue weighted by Crippen LogP contribution is -1.84. The molecular formula is C36H26S5. The summed E-state index contributed by atoms with van der Waals surface area (Å²) in [6, 6.07) is 51.1. The van der Waals surface area contributed by atoms with Gasteiger partial charge in [0.1, 0.15) is 0 Å². The summed E-state index contributed by atoms with van der Waals surface area (Å²) in [6.07, 6.45) is 0. The predicted molar refractivity (Wildman–Crippen MR) is 184 cm³/mol. The van der Waals surface area contributed by atoms with Crippen LogP contribution in [0, 0.1) is 0 Å². The molecule has 0 saturated carbocycles. The van der Waals surface area contributed by atoms with E-state index in [4.69, 9.17) is 25.3 Å². The van der Waals surface area contributed by atoms with Gasteiger partial charge in [-0.2, -0.15) is 0 Å². The Kier molecular flexibility index (Phi) is 9.19. The first-order chi connectivity index (χ1) is 20.1. The molecule has 0 fully saturated rings. The van der Waals surface area contributed by atoms with Gasteiger partial charge < -0.3 is 0 Å². The molecule has 0 nitrogen and oxygen atoms in total. The van der Waals surface area contributed by atoms with Gasteiger partial charge in [-0.15, -0.1) is 25.3 Å². The average Bonchev–Trinajstić information content (AvgIpc) is 3.01. The van der Waals surface area contributed by atoms with E-state index < -0.39 is 0 Å². The molecule has 0 aromatic heterocycles. The van der Waals surface area contributed by atoms with Crippen LogP contribution in [0.3, 0.4) is 0 Å². The molecule has 0 aliphatic rings. The molecule has 0 bridgehead atoms. The lowest BCUT2D eigenvalue weighted by atomic mass is 10.1. The SMILES string of the molecule is Sc1c(Sc2cccc(Sc3cccc(Sc4cccc(-c5ccccc5)c4S)c3)c2)cccc1-c1ccccc1. The zero-order chi connectivity index (χ0) is 28.0. The predicted octanol–water partition coefficient (Wildman–Crippen LogP) is 12.1. The van der Waals surface area contributed by atoms with Crippen LogP contribution >= 0.6 is 60.5 Å². The number of hydrogen-bond acceptors (Lipinski definition) is 5. The standard InChI is InChI=1S/C36H26S5/c37-35-31(25-11-3-1-4-12-25)19-9-21-33(35)40-29-17-7-15-27(23-29)39-28-16-8-18-30(24-28)41-34-22-10-20-32(36(34)38)26-13-5-2-6-14-26/h1-24,37-38H. The lowest BCUT2D eigenvalue weighted by Gasteiger charge is -2.12. The summed E-state index contributed by atoms with van der Waals surface area (Å²) in [4.78, 5) is 9.11. The van der Waals surface area contributed by atoms with Gasteiger partial charge in [-0.05, 0) is 70.8 Å². The van der Waals surface area contributed by atoms with Crippen LogP contribution in [-0.2, 0) is 0 Å². The van der Waals surface area contributed by atoms with Gasteiger partial charge in [0.05, 0.1) is 0 Å². The average molecular weight is 619 g/mol. The molecule has 200 valence electrons. The van der Waals surface area contributed by atoms with Crippen LogP contribution < -0.4 is 0 Å². The Hall–Kier alpha value is -2.93. The first-order valence-corrected chi connectivity index (χ1v) is 16.5. The van der Waals surface area contributed by atoms with Crippen molar-refractivity contribution in [3.05, 3.63) is 146 Å². The van der Waals surface area contributed by atoms with E-state index in [1.807, 2.05) is 12.1 Å². The minimum absolute atomic E-state index is 1.01. The Morgan fingerprint density at radius 2 is 0.707 bits per heavy atom. The molecule has 6 aromatic rings. The lowest BCUT2D eigenvalue weighted by molar-refractivity contribution is 1.23. The zero-order valence-corrected chi connectivity index (χ0v) is 26.2. The molecule has 0 N–H and O–H groups in total. The third kappa shape index (κ3) is 6.94. The molecule has 6 rings (SSSR count). The fourth-order valence-electron chi connectivity index (χ4n) is 4.50. The third-order valence-electron chi connectivity index (χ3n) is 6.47. The second kappa shape index (κ2) is 13.4. The largest absolute Gasteiger partial charge is 0.142 e. The normalized spacial score (nSPS) is 11.0. The Labute approximate surface area is 265 Å². The number of rotatable bonds is 8. The molecule has 0 unspecified atom stereocenters. The Morgan fingerprint density at radius 1 is 0.341 bits per heavy atom. The van der Waals surface area contributed by atoms with Crippen molar-refractivity contribution in [2.75, 3.05) is 0 Å². The maximum absolute atomic E-state index is 4.91. The van der Waals surface area contributed by atoms with Crippen LogP contribution in [0.25, 0.3) is 22.3 Å². The highest BCUT2D eigenvalue weighted by atomic mass is 32.2. The topological polar surface area (TPSA) is 0 Å². The number of hydrogen-bond donors (Lipinski definition) is 2. The maximum atomic E-state index is 4.91. The summed E-state index contributed by atoms with van der Waals surface area (Å²) in [5.41, 5.74) is 4.66. The second-order valence-electron chi connectivity index (χ2n) is 9.29. The third-order valence-corrected chi connectivity index (χ3v) is 10.8. The van der Waals surface area contributed by atoms with Crippen molar-refractivity contribution in [3.8, 4) is 22.3 Å². The van der Waals surface area contributed by atoms with Crippen LogP contribution in [0.4, 0.5) is 0 Å². The van der Waals surface area contributed by atoms with Gasteiger partial charge in [0.25, 0.3) is 0 Å². The zero-order valence-electron chi connectivity index (χ0n) is 22.0. The van der Waals surface area contributed by atoms with E-state index in [0.717, 1.165) is 30.7 Å². The highest BCUT2D eigenvalue weighted by Gasteiger charge is 2.11. The van der Waals surface area contributed by atoms with Gasteiger partial charge in [-0.1, -0.05) is 132 Å². The molecule has 0 radical (unpaired) electrons. The molecule has 0 heterocycles. The minimum Gasteiger partial charge on any atom is -0.142 e. The number of benzene rings is 6. The van der Waals surface area contributed by atoms with E-state index in [-0.39, 0.29) is 0 Å². The molecular weight excluding hydrogens is 593 g/mol. The smallest absolute Gasteiger partial charge is 0.0262 e. The van der Waals surface area contributed by atoms with Crippen LogP contribution in [0.2, 0.25) is 0 Å². The van der Waals surface area contributed by atoms with Gasteiger partial charge in [0, 0.05) is 39.2 Å². The van der Waals surface area contributed by atoms with Gasteiger partial charge >= 0.3 is 0 Å². The van der Waals surface area contributed by atoms with Crippen LogP contribution in [0.1, 0.15) is 0 Å². The molecule has 0 spiro atoms.